The third-order valence-corrected chi connectivity index (χ3v) is 2.45. The van der Waals surface area contributed by atoms with Gasteiger partial charge in [0.1, 0.15) is 5.75 Å². The van der Waals surface area contributed by atoms with E-state index in [1.54, 1.807) is 0 Å². The van der Waals surface area contributed by atoms with Crippen molar-refractivity contribution in [3.05, 3.63) is 28.2 Å². The van der Waals surface area contributed by atoms with Gasteiger partial charge in [-0.3, -0.25) is 0 Å². The van der Waals surface area contributed by atoms with Gasteiger partial charge in [-0.05, 0) is 18.2 Å². The molecule has 8 heteroatoms. The van der Waals surface area contributed by atoms with Crippen LogP contribution in [0.3, 0.4) is 0 Å². The molecule has 0 saturated carbocycles. The summed E-state index contributed by atoms with van der Waals surface area (Å²) >= 11 is 2.92. The Balaban J connectivity index is 3.06. The second kappa shape index (κ2) is 4.92. The second-order valence-electron chi connectivity index (χ2n) is 2.97. The van der Waals surface area contributed by atoms with E-state index in [4.69, 9.17) is 5.11 Å². The number of rotatable bonds is 3. The lowest BCUT2D eigenvalue weighted by Gasteiger charge is -2.12. The molecule has 0 fully saturated rings. The zero-order valence-electron chi connectivity index (χ0n) is 8.03. The van der Waals surface area contributed by atoms with Crippen molar-refractivity contribution >= 4 is 21.9 Å². The number of aliphatic carboxylic acids is 1. The maximum atomic E-state index is 11.9. The maximum absolute atomic E-state index is 11.9. The topological polar surface area (TPSA) is 66.8 Å². The van der Waals surface area contributed by atoms with Crippen LogP contribution < -0.4 is 4.74 Å². The van der Waals surface area contributed by atoms with Crippen LogP contribution in [-0.2, 0) is 4.79 Å². The molecule has 0 aliphatic carbocycles. The van der Waals surface area contributed by atoms with Crippen LogP contribution in [0, 0.1) is 0 Å². The Morgan fingerprint density at radius 3 is 2.47 bits per heavy atom. The van der Waals surface area contributed by atoms with Crippen molar-refractivity contribution in [2.24, 2.45) is 0 Å². The van der Waals surface area contributed by atoms with E-state index in [0.29, 0.717) is 0 Å². The third kappa shape index (κ3) is 3.90. The molecular weight excluding hydrogens is 309 g/mol. The van der Waals surface area contributed by atoms with Gasteiger partial charge in [-0.2, -0.15) is 0 Å². The smallest absolute Gasteiger partial charge is 0.479 e. The number of benzene rings is 1. The Hall–Kier alpha value is -1.28. The molecule has 1 unspecified atom stereocenters. The number of hydrogen-bond donors (Lipinski definition) is 2. The minimum atomic E-state index is -4.88. The number of aliphatic hydroxyl groups excluding tert-OH is 1. The molecule has 1 aromatic rings. The van der Waals surface area contributed by atoms with Gasteiger partial charge in [0.15, 0.2) is 6.10 Å². The van der Waals surface area contributed by atoms with E-state index >= 15 is 0 Å². The first-order valence-electron chi connectivity index (χ1n) is 4.17. The average Bonchev–Trinajstić information content (AvgIpc) is 2.17. The molecule has 17 heavy (non-hydrogen) atoms. The predicted octanol–water partition coefficient (Wildman–Crippen LogP) is 2.47. The number of carboxylic acids is 1. The summed E-state index contributed by atoms with van der Waals surface area (Å²) in [6.07, 6.45) is -6.81. The van der Waals surface area contributed by atoms with E-state index in [-0.39, 0.29) is 10.0 Å². The number of ether oxygens (including phenoxy) is 1. The summed E-state index contributed by atoms with van der Waals surface area (Å²) in [5, 5.41) is 17.8. The molecule has 0 heterocycles. The highest BCUT2D eigenvalue weighted by atomic mass is 79.9. The van der Waals surface area contributed by atoms with Crippen molar-refractivity contribution in [2.45, 2.75) is 12.5 Å². The lowest BCUT2D eigenvalue weighted by atomic mass is 10.1. The summed E-state index contributed by atoms with van der Waals surface area (Å²) in [7, 11) is 0. The first kappa shape index (κ1) is 13.8. The highest BCUT2D eigenvalue weighted by Crippen LogP contribution is 2.30. The lowest BCUT2D eigenvalue weighted by Crippen LogP contribution is -2.18. The molecule has 0 aliphatic heterocycles. The minimum Gasteiger partial charge on any atom is -0.479 e. The van der Waals surface area contributed by atoms with Crippen LogP contribution in [0.15, 0.2) is 22.7 Å². The molecular formula is C9H6BrF3O4. The molecule has 2 N–H and O–H groups in total. The van der Waals surface area contributed by atoms with E-state index < -0.39 is 24.2 Å². The first-order valence-corrected chi connectivity index (χ1v) is 4.96. The van der Waals surface area contributed by atoms with Crippen LogP contribution >= 0.6 is 15.9 Å². The van der Waals surface area contributed by atoms with Gasteiger partial charge in [0, 0.05) is 10.0 Å². The highest BCUT2D eigenvalue weighted by Gasteiger charge is 2.31. The van der Waals surface area contributed by atoms with Crippen LogP contribution in [0.2, 0.25) is 0 Å². The van der Waals surface area contributed by atoms with Crippen LogP contribution in [0.4, 0.5) is 13.2 Å². The summed E-state index contributed by atoms with van der Waals surface area (Å²) in [5.74, 6) is -2.18. The number of carbonyl (C=O) groups is 1. The van der Waals surface area contributed by atoms with Crippen LogP contribution in [-0.4, -0.2) is 22.5 Å². The minimum absolute atomic E-state index is 0.168. The fourth-order valence-electron chi connectivity index (χ4n) is 1.06. The molecule has 0 aliphatic rings. The number of halogens is 4. The Morgan fingerprint density at radius 1 is 1.41 bits per heavy atom. The third-order valence-electron chi connectivity index (χ3n) is 1.73. The number of carboxylic acid groups (broad SMARTS) is 1. The Bertz CT molecular complexity index is 433. The SMILES string of the molecule is O=C(O)C(O)c1cc(OC(F)(F)F)ccc1Br. The van der Waals surface area contributed by atoms with Gasteiger partial charge in [-0.15, -0.1) is 13.2 Å². The van der Waals surface area contributed by atoms with Crippen molar-refractivity contribution in [3.63, 3.8) is 0 Å². The molecule has 1 aromatic carbocycles. The van der Waals surface area contributed by atoms with Gasteiger partial charge in [0.2, 0.25) is 0 Å². The second-order valence-corrected chi connectivity index (χ2v) is 3.83. The number of alkyl halides is 3. The highest BCUT2D eigenvalue weighted by molar-refractivity contribution is 9.10. The summed E-state index contributed by atoms with van der Waals surface area (Å²) in [6, 6.07) is 2.95. The molecule has 0 radical (unpaired) electrons. The van der Waals surface area contributed by atoms with Crippen molar-refractivity contribution in [2.75, 3.05) is 0 Å². The molecule has 1 rings (SSSR count). The lowest BCUT2D eigenvalue weighted by molar-refractivity contribution is -0.274. The number of hydrogen-bond acceptors (Lipinski definition) is 3. The fourth-order valence-corrected chi connectivity index (χ4v) is 1.52. The van der Waals surface area contributed by atoms with Crippen LogP contribution in [0.25, 0.3) is 0 Å². The van der Waals surface area contributed by atoms with Gasteiger partial charge in [0.25, 0.3) is 0 Å². The van der Waals surface area contributed by atoms with E-state index in [9.17, 15) is 23.1 Å². The molecule has 0 amide bonds. The molecule has 0 spiro atoms. The van der Waals surface area contributed by atoms with Gasteiger partial charge in [-0.1, -0.05) is 15.9 Å². The first-order chi connectivity index (χ1) is 7.70. The predicted molar refractivity (Wildman–Crippen MR) is 53.4 cm³/mol. The summed E-state index contributed by atoms with van der Waals surface area (Å²) < 4.78 is 39.5. The quantitative estimate of drug-likeness (QED) is 0.899. The Morgan fingerprint density at radius 2 is 2.00 bits per heavy atom. The van der Waals surface area contributed by atoms with Crippen molar-refractivity contribution in [3.8, 4) is 5.75 Å². The van der Waals surface area contributed by atoms with Gasteiger partial charge < -0.3 is 14.9 Å². The molecule has 4 nitrogen and oxygen atoms in total. The van der Waals surface area contributed by atoms with Gasteiger partial charge >= 0.3 is 12.3 Å². The van der Waals surface area contributed by atoms with Crippen molar-refractivity contribution < 1.29 is 32.9 Å². The Kier molecular flexibility index (Phi) is 3.99. The van der Waals surface area contributed by atoms with E-state index in [0.717, 1.165) is 18.2 Å². The maximum Gasteiger partial charge on any atom is 0.573 e. The average molecular weight is 315 g/mol. The van der Waals surface area contributed by atoms with Gasteiger partial charge in [0.05, 0.1) is 0 Å². The summed E-state index contributed by atoms with van der Waals surface area (Å²) in [5.41, 5.74) is -0.223. The Labute approximate surface area is 102 Å². The fraction of sp³-hybridized carbons (Fsp3) is 0.222. The summed E-state index contributed by atoms with van der Waals surface area (Å²) in [4.78, 5) is 10.5. The zero-order valence-corrected chi connectivity index (χ0v) is 9.62. The normalized spacial score (nSPS) is 13.2. The van der Waals surface area contributed by atoms with Crippen molar-refractivity contribution in [1.82, 2.24) is 0 Å². The van der Waals surface area contributed by atoms with Crippen molar-refractivity contribution in [1.29, 1.82) is 0 Å². The molecule has 94 valence electrons. The van der Waals surface area contributed by atoms with E-state index in [1.807, 2.05) is 0 Å². The molecule has 1 atom stereocenters. The standard InChI is InChI=1S/C9H6BrF3O4/c10-6-2-1-4(17-9(11,12)13)3-5(6)7(14)8(15)16/h1-3,7,14H,(H,15,16). The van der Waals surface area contributed by atoms with Gasteiger partial charge in [-0.25, -0.2) is 4.79 Å². The number of aliphatic hydroxyl groups is 1. The van der Waals surface area contributed by atoms with E-state index in [2.05, 4.69) is 20.7 Å². The van der Waals surface area contributed by atoms with Crippen LogP contribution in [0.5, 0.6) is 5.75 Å². The van der Waals surface area contributed by atoms with Crippen LogP contribution in [0.1, 0.15) is 11.7 Å². The van der Waals surface area contributed by atoms with E-state index in [1.165, 1.54) is 0 Å². The zero-order chi connectivity index (χ0) is 13.2. The monoisotopic (exact) mass is 314 g/mol. The largest absolute Gasteiger partial charge is 0.573 e. The molecule has 0 saturated heterocycles. The summed E-state index contributed by atoms with van der Waals surface area (Å²) in [6.45, 7) is 0. The molecule has 0 aromatic heterocycles. The molecule has 0 bridgehead atoms.